The molecule has 1 amide bonds. The second-order valence-corrected chi connectivity index (χ2v) is 4.77. The van der Waals surface area contributed by atoms with Crippen LogP contribution in [0.1, 0.15) is 18.4 Å². The van der Waals surface area contributed by atoms with Crippen LogP contribution in [0.15, 0.2) is 18.2 Å². The Balaban J connectivity index is 2.39. The molecule has 0 unspecified atom stereocenters. The number of halogens is 1. The number of hydrogen-bond acceptors (Lipinski definition) is 1. The van der Waals surface area contributed by atoms with E-state index in [-0.39, 0.29) is 5.91 Å². The van der Waals surface area contributed by atoms with Crippen LogP contribution in [-0.2, 0) is 4.79 Å². The van der Waals surface area contributed by atoms with Crippen LogP contribution in [0.25, 0.3) is 0 Å². The Bertz CT molecular complexity index is 376. The summed E-state index contributed by atoms with van der Waals surface area (Å²) in [7, 11) is 0. The molecule has 1 aliphatic rings. The van der Waals surface area contributed by atoms with Gasteiger partial charge in [-0.15, -0.1) is 0 Å². The van der Waals surface area contributed by atoms with Crippen molar-refractivity contribution >= 4 is 34.2 Å². The van der Waals surface area contributed by atoms with Crippen molar-refractivity contribution in [3.05, 3.63) is 27.3 Å². The second-order valence-electron chi connectivity index (χ2n) is 3.60. The van der Waals surface area contributed by atoms with E-state index in [1.807, 2.05) is 4.90 Å². The molecular weight excluding hydrogens is 289 g/mol. The third kappa shape index (κ3) is 1.78. The molecule has 0 aliphatic carbocycles. The third-order valence-electron chi connectivity index (χ3n) is 2.47. The molecule has 3 heteroatoms. The zero-order chi connectivity index (χ0) is 10.1. The summed E-state index contributed by atoms with van der Waals surface area (Å²) in [4.78, 5) is 13.5. The Morgan fingerprint density at radius 2 is 2.21 bits per heavy atom. The number of amides is 1. The summed E-state index contributed by atoms with van der Waals surface area (Å²) in [6.07, 6.45) is 1.69. The minimum absolute atomic E-state index is 0.258. The van der Waals surface area contributed by atoms with Crippen LogP contribution in [0.4, 0.5) is 5.69 Å². The first-order valence-electron chi connectivity index (χ1n) is 4.75. The molecule has 0 radical (unpaired) electrons. The monoisotopic (exact) mass is 301 g/mol. The number of nitrogens with zero attached hydrogens (tertiary/aromatic N) is 1. The molecule has 2 nitrogen and oxygen atoms in total. The van der Waals surface area contributed by atoms with Gasteiger partial charge in [0.1, 0.15) is 0 Å². The number of anilines is 1. The van der Waals surface area contributed by atoms with Crippen LogP contribution in [0.3, 0.4) is 0 Å². The maximum atomic E-state index is 11.6. The Morgan fingerprint density at radius 3 is 2.86 bits per heavy atom. The quantitative estimate of drug-likeness (QED) is 0.730. The van der Waals surface area contributed by atoms with Crippen LogP contribution >= 0.6 is 22.6 Å². The van der Waals surface area contributed by atoms with Crippen molar-refractivity contribution in [1.29, 1.82) is 0 Å². The summed E-state index contributed by atoms with van der Waals surface area (Å²) in [6, 6.07) is 6.23. The van der Waals surface area contributed by atoms with Gasteiger partial charge in [0.15, 0.2) is 0 Å². The van der Waals surface area contributed by atoms with Gasteiger partial charge in [0.25, 0.3) is 0 Å². The summed E-state index contributed by atoms with van der Waals surface area (Å²) in [5.74, 6) is 0.258. The highest BCUT2D eigenvalue weighted by molar-refractivity contribution is 14.1. The highest BCUT2D eigenvalue weighted by Gasteiger charge is 2.23. The lowest BCUT2D eigenvalue weighted by atomic mass is 10.2. The SMILES string of the molecule is Cc1ccc(I)c(N2CCCC2=O)c1. The van der Waals surface area contributed by atoms with Crippen LogP contribution < -0.4 is 4.90 Å². The highest BCUT2D eigenvalue weighted by Crippen LogP contribution is 2.27. The number of benzene rings is 1. The Labute approximate surface area is 97.4 Å². The van der Waals surface area contributed by atoms with Crippen molar-refractivity contribution in [2.45, 2.75) is 19.8 Å². The summed E-state index contributed by atoms with van der Waals surface area (Å²) in [6.45, 7) is 2.93. The number of carbonyl (C=O) groups is 1. The van der Waals surface area contributed by atoms with Gasteiger partial charge in [-0.25, -0.2) is 0 Å². The van der Waals surface area contributed by atoms with Gasteiger partial charge in [0.2, 0.25) is 5.91 Å². The predicted octanol–water partition coefficient (Wildman–Crippen LogP) is 2.73. The molecule has 1 aromatic rings. The molecule has 14 heavy (non-hydrogen) atoms. The van der Waals surface area contributed by atoms with Crippen molar-refractivity contribution in [3.8, 4) is 0 Å². The fourth-order valence-corrected chi connectivity index (χ4v) is 2.36. The molecule has 0 bridgehead atoms. The highest BCUT2D eigenvalue weighted by atomic mass is 127. The van der Waals surface area contributed by atoms with Crippen LogP contribution in [0, 0.1) is 10.5 Å². The minimum atomic E-state index is 0.258. The largest absolute Gasteiger partial charge is 0.311 e. The van der Waals surface area contributed by atoms with Gasteiger partial charge in [-0.3, -0.25) is 4.79 Å². The van der Waals surface area contributed by atoms with Gasteiger partial charge >= 0.3 is 0 Å². The molecule has 1 saturated heterocycles. The molecule has 1 aliphatic heterocycles. The van der Waals surface area contributed by atoms with Crippen molar-refractivity contribution in [1.82, 2.24) is 0 Å². The fourth-order valence-electron chi connectivity index (χ4n) is 1.73. The van der Waals surface area contributed by atoms with Crippen molar-refractivity contribution in [3.63, 3.8) is 0 Å². The lowest BCUT2D eigenvalue weighted by molar-refractivity contribution is -0.117. The van der Waals surface area contributed by atoms with Crippen LogP contribution in [0.2, 0.25) is 0 Å². The first-order chi connectivity index (χ1) is 6.68. The number of carbonyl (C=O) groups excluding carboxylic acids is 1. The van der Waals surface area contributed by atoms with Gasteiger partial charge in [0, 0.05) is 16.5 Å². The van der Waals surface area contributed by atoms with E-state index in [0.29, 0.717) is 6.42 Å². The normalized spacial score (nSPS) is 16.4. The Morgan fingerprint density at radius 1 is 1.43 bits per heavy atom. The molecule has 0 saturated carbocycles. The van der Waals surface area contributed by atoms with Crippen molar-refractivity contribution in [2.75, 3.05) is 11.4 Å². The van der Waals surface area contributed by atoms with Gasteiger partial charge in [0.05, 0.1) is 5.69 Å². The van der Waals surface area contributed by atoms with Gasteiger partial charge < -0.3 is 4.90 Å². The van der Waals surface area contributed by atoms with E-state index in [4.69, 9.17) is 0 Å². The van der Waals surface area contributed by atoms with Crippen molar-refractivity contribution in [2.24, 2.45) is 0 Å². The molecule has 1 fully saturated rings. The lowest BCUT2D eigenvalue weighted by Crippen LogP contribution is -2.24. The molecule has 0 aromatic heterocycles. The van der Waals surface area contributed by atoms with Gasteiger partial charge in [-0.1, -0.05) is 6.07 Å². The summed E-state index contributed by atoms with van der Waals surface area (Å²) >= 11 is 2.28. The fraction of sp³-hybridized carbons (Fsp3) is 0.364. The molecule has 0 atom stereocenters. The van der Waals surface area contributed by atoms with E-state index >= 15 is 0 Å². The molecular formula is C11H12INO. The van der Waals surface area contributed by atoms with E-state index < -0.39 is 0 Å². The number of hydrogen-bond donors (Lipinski definition) is 0. The first kappa shape index (κ1) is 9.96. The summed E-state index contributed by atoms with van der Waals surface area (Å²) in [5, 5.41) is 0. The molecule has 0 spiro atoms. The van der Waals surface area contributed by atoms with E-state index in [0.717, 1.165) is 22.2 Å². The summed E-state index contributed by atoms with van der Waals surface area (Å²) in [5.41, 5.74) is 2.29. The molecule has 74 valence electrons. The maximum absolute atomic E-state index is 11.6. The van der Waals surface area contributed by atoms with Crippen molar-refractivity contribution < 1.29 is 4.79 Å². The second kappa shape index (κ2) is 3.88. The topological polar surface area (TPSA) is 20.3 Å². The Kier molecular flexibility index (Phi) is 2.76. The van der Waals surface area contributed by atoms with E-state index in [9.17, 15) is 4.79 Å². The smallest absolute Gasteiger partial charge is 0.227 e. The zero-order valence-electron chi connectivity index (χ0n) is 8.09. The Hall–Kier alpha value is -0.580. The number of rotatable bonds is 1. The molecule has 1 heterocycles. The molecule has 0 N–H and O–H groups in total. The summed E-state index contributed by atoms with van der Waals surface area (Å²) < 4.78 is 1.16. The van der Waals surface area contributed by atoms with E-state index in [1.165, 1.54) is 5.56 Å². The van der Waals surface area contributed by atoms with Gasteiger partial charge in [-0.05, 0) is 53.6 Å². The zero-order valence-corrected chi connectivity index (χ0v) is 10.2. The lowest BCUT2D eigenvalue weighted by Gasteiger charge is -2.17. The minimum Gasteiger partial charge on any atom is -0.311 e. The number of aryl methyl sites for hydroxylation is 1. The third-order valence-corrected chi connectivity index (χ3v) is 3.38. The first-order valence-corrected chi connectivity index (χ1v) is 5.83. The average Bonchev–Trinajstić information content (AvgIpc) is 2.56. The molecule has 2 rings (SSSR count). The van der Waals surface area contributed by atoms with Crippen LogP contribution in [-0.4, -0.2) is 12.5 Å². The average molecular weight is 301 g/mol. The van der Waals surface area contributed by atoms with E-state index in [1.54, 1.807) is 0 Å². The molecule has 1 aromatic carbocycles. The maximum Gasteiger partial charge on any atom is 0.227 e. The van der Waals surface area contributed by atoms with Gasteiger partial charge in [-0.2, -0.15) is 0 Å². The standard InChI is InChI=1S/C11H12INO/c1-8-4-5-9(12)10(7-8)13-6-2-3-11(13)14/h4-5,7H,2-3,6H2,1H3. The predicted molar refractivity (Wildman–Crippen MR) is 65.5 cm³/mol. The van der Waals surface area contributed by atoms with E-state index in [2.05, 4.69) is 47.7 Å². The van der Waals surface area contributed by atoms with Crippen LogP contribution in [0.5, 0.6) is 0 Å².